The van der Waals surface area contributed by atoms with Gasteiger partial charge in [-0.15, -0.1) is 0 Å². The van der Waals surface area contributed by atoms with E-state index < -0.39 is 53.6 Å². The Morgan fingerprint density at radius 2 is 1.26 bits per heavy atom. The highest BCUT2D eigenvalue weighted by Gasteiger charge is 2.39. The van der Waals surface area contributed by atoms with Crippen molar-refractivity contribution in [2.45, 2.75) is 90.9 Å². The van der Waals surface area contributed by atoms with E-state index in [9.17, 15) is 19.2 Å². The minimum absolute atomic E-state index is 0.00715. The highest BCUT2D eigenvalue weighted by molar-refractivity contribution is 5.90. The molecule has 4 aromatic rings. The topological polar surface area (TPSA) is 160 Å². The summed E-state index contributed by atoms with van der Waals surface area (Å²) in [5.74, 6) is 0.228. The molecule has 13 nitrogen and oxygen atoms in total. The number of benzene rings is 4. The Hall–Kier alpha value is -6.08. The molecule has 5 rings (SSSR count). The molecule has 0 saturated heterocycles. The molecule has 3 N–H and O–H groups in total. The molecule has 58 heavy (non-hydrogen) atoms. The third kappa shape index (κ3) is 10.9. The van der Waals surface area contributed by atoms with Gasteiger partial charge in [0.25, 0.3) is 0 Å². The average Bonchev–Trinajstić information content (AvgIpc) is 3.19. The predicted molar refractivity (Wildman–Crippen MR) is 217 cm³/mol. The minimum atomic E-state index is -1.17. The molecule has 2 atom stereocenters. The summed E-state index contributed by atoms with van der Waals surface area (Å²) < 4.78 is 35.1. The van der Waals surface area contributed by atoms with Crippen molar-refractivity contribution in [3.05, 3.63) is 118 Å². The lowest BCUT2D eigenvalue weighted by Crippen LogP contribution is -2.55. The summed E-state index contributed by atoms with van der Waals surface area (Å²) in [5, 5.41) is 8.08. The molecule has 0 aliphatic carbocycles. The number of ether oxygens (including phenoxy) is 6. The molecule has 0 unspecified atom stereocenters. The number of amides is 3. The summed E-state index contributed by atoms with van der Waals surface area (Å²) in [7, 11) is 3.05. The summed E-state index contributed by atoms with van der Waals surface area (Å²) in [5.41, 5.74) is 3.15. The SMILES string of the molecule is COc1ccc2c(c1CNC(=O)CNC(=O)[C@@H](NC(=O)OCc1ccccc1)[C@@H](C)OC(C)(C)C)Oc1c(ccc(OC)c1CC(=O)OCc1ccccc1)C2(C)C. The second kappa shape index (κ2) is 18.9. The first kappa shape index (κ1) is 43.1. The fourth-order valence-electron chi connectivity index (χ4n) is 6.78. The molecule has 0 saturated carbocycles. The van der Waals surface area contributed by atoms with Gasteiger partial charge in [-0.2, -0.15) is 0 Å². The number of fused-ring (bicyclic) bond motifs is 2. The van der Waals surface area contributed by atoms with Gasteiger partial charge in [0.15, 0.2) is 0 Å². The lowest BCUT2D eigenvalue weighted by atomic mass is 9.74. The third-order valence-electron chi connectivity index (χ3n) is 9.65. The number of esters is 1. The molecule has 1 aliphatic rings. The highest BCUT2D eigenvalue weighted by Crippen LogP contribution is 2.53. The van der Waals surface area contributed by atoms with Gasteiger partial charge in [0.05, 0.1) is 51.0 Å². The number of carbonyl (C=O) groups is 4. The van der Waals surface area contributed by atoms with E-state index in [0.29, 0.717) is 34.1 Å². The van der Waals surface area contributed by atoms with Crippen molar-refractivity contribution >= 4 is 23.9 Å². The molecule has 1 heterocycles. The summed E-state index contributed by atoms with van der Waals surface area (Å²) in [6, 6.07) is 24.8. The zero-order valence-electron chi connectivity index (χ0n) is 34.4. The van der Waals surface area contributed by atoms with Gasteiger partial charge in [0, 0.05) is 22.1 Å². The van der Waals surface area contributed by atoms with Crippen LogP contribution in [0.5, 0.6) is 23.0 Å². The van der Waals surface area contributed by atoms with Crippen molar-refractivity contribution < 1.29 is 47.6 Å². The number of nitrogens with one attached hydrogen (secondary N) is 3. The van der Waals surface area contributed by atoms with E-state index in [1.54, 1.807) is 6.92 Å². The van der Waals surface area contributed by atoms with E-state index in [-0.39, 0.29) is 26.2 Å². The smallest absolute Gasteiger partial charge is 0.408 e. The second-order valence-electron chi connectivity index (χ2n) is 15.4. The second-order valence-corrected chi connectivity index (χ2v) is 15.4. The number of hydrogen-bond acceptors (Lipinski definition) is 10. The molecule has 0 radical (unpaired) electrons. The van der Waals surface area contributed by atoms with Gasteiger partial charge < -0.3 is 44.4 Å². The fourth-order valence-corrected chi connectivity index (χ4v) is 6.78. The van der Waals surface area contributed by atoms with Crippen LogP contribution in [0.25, 0.3) is 0 Å². The van der Waals surface area contributed by atoms with Gasteiger partial charge in [-0.05, 0) is 51.0 Å². The van der Waals surface area contributed by atoms with Crippen molar-refractivity contribution in [1.82, 2.24) is 16.0 Å². The molecule has 0 fully saturated rings. The minimum Gasteiger partial charge on any atom is -0.496 e. The summed E-state index contributed by atoms with van der Waals surface area (Å²) in [6.45, 7) is 10.9. The number of carbonyl (C=O) groups excluding carboxylic acids is 4. The van der Waals surface area contributed by atoms with Gasteiger partial charge in [-0.3, -0.25) is 14.4 Å². The van der Waals surface area contributed by atoms with Crippen molar-refractivity contribution in [3.8, 4) is 23.0 Å². The molecular formula is C45H53N3O10. The van der Waals surface area contributed by atoms with E-state index in [0.717, 1.165) is 22.3 Å². The molecule has 0 spiro atoms. The van der Waals surface area contributed by atoms with Crippen LogP contribution in [0.2, 0.25) is 0 Å². The fraction of sp³-hybridized carbons (Fsp3) is 0.378. The summed E-state index contributed by atoms with van der Waals surface area (Å²) in [6.07, 6.45) is -1.70. The Labute approximate surface area is 339 Å². The van der Waals surface area contributed by atoms with Crippen molar-refractivity contribution in [3.63, 3.8) is 0 Å². The van der Waals surface area contributed by atoms with E-state index in [4.69, 9.17) is 28.4 Å². The van der Waals surface area contributed by atoms with Crippen LogP contribution in [0.4, 0.5) is 4.79 Å². The van der Waals surface area contributed by atoms with E-state index in [1.807, 2.05) is 120 Å². The quantitative estimate of drug-likeness (QED) is 0.105. The first-order chi connectivity index (χ1) is 27.6. The Kier molecular flexibility index (Phi) is 14.0. The normalized spacial score (nSPS) is 13.7. The standard InChI is InChI=1S/C45H53N3O10/c1-28(58-44(2,3)4)39(48-43(52)56-27-30-17-13-10-14-18-30)42(51)47-25-37(49)46-24-32-36(54-8)22-20-34-41(32)57-40-31(35(53-7)21-19-33(40)45(34,5)6)23-38(50)55-26-29-15-11-9-12-16-29/h9-22,28,39H,23-27H2,1-8H3,(H,46,49)(H,47,51)(H,48,52)/t28-,39+/m1/s1. The van der Waals surface area contributed by atoms with Crippen LogP contribution in [-0.2, 0) is 60.2 Å². The molecule has 4 aromatic carbocycles. The van der Waals surface area contributed by atoms with E-state index >= 15 is 0 Å². The zero-order valence-corrected chi connectivity index (χ0v) is 34.4. The van der Waals surface area contributed by atoms with Crippen LogP contribution in [-0.4, -0.2) is 62.4 Å². The Bertz CT molecular complexity index is 2080. The maximum absolute atomic E-state index is 13.5. The number of methoxy groups -OCH3 is 2. The Morgan fingerprint density at radius 3 is 1.81 bits per heavy atom. The molecule has 308 valence electrons. The first-order valence-corrected chi connectivity index (χ1v) is 19.1. The van der Waals surface area contributed by atoms with Crippen molar-refractivity contribution in [1.29, 1.82) is 0 Å². The van der Waals surface area contributed by atoms with Crippen LogP contribution in [0.3, 0.4) is 0 Å². The number of alkyl carbamates (subject to hydrolysis) is 1. The van der Waals surface area contributed by atoms with Crippen LogP contribution in [0.1, 0.15) is 74.9 Å². The number of rotatable bonds is 16. The first-order valence-electron chi connectivity index (χ1n) is 19.1. The third-order valence-corrected chi connectivity index (χ3v) is 9.65. The maximum Gasteiger partial charge on any atom is 0.408 e. The molecule has 0 aromatic heterocycles. The lowest BCUT2D eigenvalue weighted by Gasteiger charge is -2.37. The van der Waals surface area contributed by atoms with Crippen LogP contribution >= 0.6 is 0 Å². The van der Waals surface area contributed by atoms with Gasteiger partial charge >= 0.3 is 12.1 Å². The van der Waals surface area contributed by atoms with E-state index in [1.165, 1.54) is 14.2 Å². The lowest BCUT2D eigenvalue weighted by molar-refractivity contribution is -0.144. The summed E-state index contributed by atoms with van der Waals surface area (Å²) in [4.78, 5) is 52.8. The maximum atomic E-state index is 13.5. The van der Waals surface area contributed by atoms with Crippen LogP contribution in [0, 0.1) is 0 Å². The predicted octanol–water partition coefficient (Wildman–Crippen LogP) is 6.65. The van der Waals surface area contributed by atoms with Crippen molar-refractivity contribution in [2.24, 2.45) is 0 Å². The van der Waals surface area contributed by atoms with Crippen LogP contribution in [0.15, 0.2) is 84.9 Å². The molecular weight excluding hydrogens is 743 g/mol. The number of hydrogen-bond donors (Lipinski definition) is 3. The molecule has 13 heteroatoms. The zero-order chi connectivity index (χ0) is 42.0. The molecule has 1 aliphatic heterocycles. The van der Waals surface area contributed by atoms with Gasteiger partial charge in [-0.1, -0.05) is 86.6 Å². The Morgan fingerprint density at radius 1 is 0.724 bits per heavy atom. The van der Waals surface area contributed by atoms with Gasteiger partial charge in [-0.25, -0.2) is 4.79 Å². The summed E-state index contributed by atoms with van der Waals surface area (Å²) >= 11 is 0. The Balaban J connectivity index is 1.30. The highest BCUT2D eigenvalue weighted by atomic mass is 16.6. The van der Waals surface area contributed by atoms with Gasteiger partial charge in [0.2, 0.25) is 11.8 Å². The molecule has 0 bridgehead atoms. The average molecular weight is 796 g/mol. The monoisotopic (exact) mass is 795 g/mol. The molecule has 3 amide bonds. The van der Waals surface area contributed by atoms with Crippen LogP contribution < -0.4 is 30.2 Å². The van der Waals surface area contributed by atoms with Gasteiger partial charge in [0.1, 0.15) is 42.3 Å². The van der Waals surface area contributed by atoms with E-state index in [2.05, 4.69) is 16.0 Å². The largest absolute Gasteiger partial charge is 0.496 e. The van der Waals surface area contributed by atoms with Crippen molar-refractivity contribution in [2.75, 3.05) is 20.8 Å².